The summed E-state index contributed by atoms with van der Waals surface area (Å²) in [6, 6.07) is 15.8. The molecule has 0 aliphatic carbocycles. The van der Waals surface area contributed by atoms with Gasteiger partial charge in [-0.1, -0.05) is 46.3 Å². The number of rotatable bonds is 3. The van der Waals surface area contributed by atoms with Crippen molar-refractivity contribution >= 4 is 26.8 Å². The maximum absolute atomic E-state index is 14.6. The zero-order valence-electron chi connectivity index (χ0n) is 15.3. The van der Waals surface area contributed by atoms with Gasteiger partial charge in [0.1, 0.15) is 11.6 Å². The molecular formula is C22H13BrF4N2O. The predicted molar refractivity (Wildman–Crippen MR) is 110 cm³/mol. The van der Waals surface area contributed by atoms with Crippen LogP contribution < -0.4 is 5.56 Å². The number of alkyl halides is 3. The lowest BCUT2D eigenvalue weighted by Crippen LogP contribution is -2.24. The second-order valence-corrected chi connectivity index (χ2v) is 7.58. The molecule has 0 fully saturated rings. The Morgan fingerprint density at radius 3 is 2.40 bits per heavy atom. The maximum atomic E-state index is 14.6. The summed E-state index contributed by atoms with van der Waals surface area (Å²) in [6.45, 7) is 0.0279. The first-order valence-electron chi connectivity index (χ1n) is 8.85. The Morgan fingerprint density at radius 1 is 0.967 bits per heavy atom. The second kappa shape index (κ2) is 7.68. The summed E-state index contributed by atoms with van der Waals surface area (Å²) in [7, 11) is 0. The monoisotopic (exact) mass is 476 g/mol. The molecule has 0 radical (unpaired) electrons. The van der Waals surface area contributed by atoms with Crippen LogP contribution in [0.4, 0.5) is 17.6 Å². The van der Waals surface area contributed by atoms with E-state index in [2.05, 4.69) is 20.9 Å². The van der Waals surface area contributed by atoms with E-state index < -0.39 is 23.1 Å². The van der Waals surface area contributed by atoms with Crippen molar-refractivity contribution in [3.63, 3.8) is 0 Å². The molecular weight excluding hydrogens is 464 g/mol. The van der Waals surface area contributed by atoms with Gasteiger partial charge in [-0.2, -0.15) is 13.2 Å². The minimum atomic E-state index is -4.66. The minimum absolute atomic E-state index is 0.0279. The van der Waals surface area contributed by atoms with Gasteiger partial charge in [-0.15, -0.1) is 0 Å². The smallest absolute Gasteiger partial charge is 0.288 e. The van der Waals surface area contributed by atoms with Crippen molar-refractivity contribution in [2.24, 2.45) is 0 Å². The van der Waals surface area contributed by atoms with Gasteiger partial charge in [-0.25, -0.2) is 9.37 Å². The van der Waals surface area contributed by atoms with Gasteiger partial charge in [0.15, 0.2) is 0 Å². The molecule has 30 heavy (non-hydrogen) atoms. The van der Waals surface area contributed by atoms with E-state index in [1.54, 1.807) is 48.5 Å². The molecule has 0 amide bonds. The molecule has 0 saturated heterocycles. The molecule has 8 heteroatoms. The zero-order valence-corrected chi connectivity index (χ0v) is 16.8. The highest BCUT2D eigenvalue weighted by Crippen LogP contribution is 2.33. The van der Waals surface area contributed by atoms with Crippen molar-refractivity contribution in [3.05, 3.63) is 98.5 Å². The van der Waals surface area contributed by atoms with Crippen LogP contribution in [-0.4, -0.2) is 9.55 Å². The van der Waals surface area contributed by atoms with Gasteiger partial charge in [-0.3, -0.25) is 9.36 Å². The van der Waals surface area contributed by atoms with E-state index in [1.807, 2.05) is 0 Å². The third-order valence-corrected chi connectivity index (χ3v) is 5.13. The molecule has 1 heterocycles. The van der Waals surface area contributed by atoms with Gasteiger partial charge in [0, 0.05) is 4.47 Å². The van der Waals surface area contributed by atoms with Crippen LogP contribution in [0, 0.1) is 5.82 Å². The average molecular weight is 477 g/mol. The lowest BCUT2D eigenvalue weighted by molar-refractivity contribution is -0.137. The molecule has 0 aliphatic heterocycles. The van der Waals surface area contributed by atoms with Gasteiger partial charge in [-0.05, 0) is 42.0 Å². The normalized spacial score (nSPS) is 11.8. The molecule has 152 valence electrons. The van der Waals surface area contributed by atoms with Crippen molar-refractivity contribution in [3.8, 4) is 11.4 Å². The SMILES string of the molecule is O=c1c2cc(Br)ccc2nc(-c2cc(C(F)(F)F)ccc2F)n1Cc1ccccc1. The first kappa shape index (κ1) is 20.3. The van der Waals surface area contributed by atoms with Crippen molar-refractivity contribution in [1.29, 1.82) is 0 Å². The first-order chi connectivity index (χ1) is 14.2. The van der Waals surface area contributed by atoms with Gasteiger partial charge in [0.2, 0.25) is 0 Å². The highest BCUT2D eigenvalue weighted by Gasteiger charge is 2.32. The standard InChI is InChI=1S/C22H13BrF4N2O/c23-15-7-9-19-17(11-15)21(30)29(12-13-4-2-1-3-5-13)20(28-19)16-10-14(22(25,26)27)6-8-18(16)24/h1-11H,12H2. The topological polar surface area (TPSA) is 34.9 Å². The quantitative estimate of drug-likeness (QED) is 0.338. The number of aromatic nitrogens is 2. The molecule has 0 saturated carbocycles. The Labute approximate surface area is 176 Å². The van der Waals surface area contributed by atoms with Gasteiger partial charge < -0.3 is 0 Å². The third kappa shape index (κ3) is 3.87. The summed E-state index contributed by atoms with van der Waals surface area (Å²) in [5.74, 6) is -1.06. The van der Waals surface area contributed by atoms with Gasteiger partial charge in [0.05, 0.1) is 28.6 Å². The molecule has 1 aromatic heterocycles. The Balaban J connectivity index is 2.03. The van der Waals surface area contributed by atoms with Crippen molar-refractivity contribution in [2.45, 2.75) is 12.7 Å². The maximum Gasteiger partial charge on any atom is 0.416 e. The summed E-state index contributed by atoms with van der Waals surface area (Å²) >= 11 is 3.30. The van der Waals surface area contributed by atoms with Crippen LogP contribution in [0.25, 0.3) is 22.3 Å². The van der Waals surface area contributed by atoms with Crippen LogP contribution in [0.1, 0.15) is 11.1 Å². The van der Waals surface area contributed by atoms with Crippen LogP contribution >= 0.6 is 15.9 Å². The molecule has 0 atom stereocenters. The molecule has 0 bridgehead atoms. The van der Waals surface area contributed by atoms with E-state index in [0.717, 1.165) is 11.6 Å². The van der Waals surface area contributed by atoms with Crippen LogP contribution in [0.2, 0.25) is 0 Å². The van der Waals surface area contributed by atoms with Gasteiger partial charge >= 0.3 is 6.18 Å². The number of halogens is 5. The molecule has 0 spiro atoms. The average Bonchev–Trinajstić information content (AvgIpc) is 2.71. The fourth-order valence-corrected chi connectivity index (χ4v) is 3.55. The summed E-state index contributed by atoms with van der Waals surface area (Å²) in [5, 5.41) is 0.274. The molecule has 0 aliphatic rings. The summed E-state index contributed by atoms with van der Waals surface area (Å²) in [5.41, 5.74) is -0.890. The Kier molecular flexibility index (Phi) is 5.19. The Hall–Kier alpha value is -3.00. The summed E-state index contributed by atoms with van der Waals surface area (Å²) in [6.07, 6.45) is -4.66. The summed E-state index contributed by atoms with van der Waals surface area (Å²) < 4.78 is 56.1. The largest absolute Gasteiger partial charge is 0.416 e. The molecule has 3 nitrogen and oxygen atoms in total. The van der Waals surface area contributed by atoms with Crippen LogP contribution in [0.3, 0.4) is 0 Å². The Morgan fingerprint density at radius 2 is 1.70 bits per heavy atom. The van der Waals surface area contributed by atoms with E-state index in [4.69, 9.17) is 0 Å². The second-order valence-electron chi connectivity index (χ2n) is 6.67. The zero-order chi connectivity index (χ0) is 21.5. The third-order valence-electron chi connectivity index (χ3n) is 4.63. The van der Waals surface area contributed by atoms with Crippen LogP contribution in [-0.2, 0) is 12.7 Å². The lowest BCUT2D eigenvalue weighted by Gasteiger charge is -2.16. The van der Waals surface area contributed by atoms with E-state index >= 15 is 0 Å². The van der Waals surface area contributed by atoms with Crippen molar-refractivity contribution in [1.82, 2.24) is 9.55 Å². The highest BCUT2D eigenvalue weighted by atomic mass is 79.9. The van der Waals surface area contributed by atoms with E-state index in [9.17, 15) is 22.4 Å². The predicted octanol–water partition coefficient (Wildman–Crippen LogP) is 6.03. The summed E-state index contributed by atoms with van der Waals surface area (Å²) in [4.78, 5) is 17.6. The Bertz CT molecular complexity index is 1300. The van der Waals surface area contributed by atoms with Gasteiger partial charge in [0.25, 0.3) is 5.56 Å². The molecule has 0 N–H and O–H groups in total. The van der Waals surface area contributed by atoms with E-state index in [0.29, 0.717) is 16.6 Å². The van der Waals surface area contributed by atoms with E-state index in [1.165, 1.54) is 4.57 Å². The number of fused-ring (bicyclic) bond motifs is 1. The minimum Gasteiger partial charge on any atom is -0.288 e. The number of benzene rings is 3. The highest BCUT2D eigenvalue weighted by molar-refractivity contribution is 9.10. The van der Waals surface area contributed by atoms with Crippen LogP contribution in [0.15, 0.2) is 76.0 Å². The first-order valence-corrected chi connectivity index (χ1v) is 9.64. The van der Waals surface area contributed by atoms with Crippen molar-refractivity contribution < 1.29 is 17.6 Å². The van der Waals surface area contributed by atoms with Crippen LogP contribution in [0.5, 0.6) is 0 Å². The van der Waals surface area contributed by atoms with Crippen molar-refractivity contribution in [2.75, 3.05) is 0 Å². The molecule has 3 aromatic carbocycles. The number of nitrogens with zero attached hydrogens (tertiary/aromatic N) is 2. The molecule has 0 unspecified atom stereocenters. The fraction of sp³-hybridized carbons (Fsp3) is 0.0909. The van der Waals surface area contributed by atoms with E-state index in [-0.39, 0.29) is 28.8 Å². The lowest BCUT2D eigenvalue weighted by atomic mass is 10.1. The molecule has 4 rings (SSSR count). The molecule has 4 aromatic rings. The number of hydrogen-bond acceptors (Lipinski definition) is 2. The number of hydrogen-bond donors (Lipinski definition) is 0. The fourth-order valence-electron chi connectivity index (χ4n) is 3.18.